The number of aliphatic carboxylic acids is 1. The number of carboxylic acids is 1. The van der Waals surface area contributed by atoms with Crippen molar-refractivity contribution in [1.29, 1.82) is 0 Å². The van der Waals surface area contributed by atoms with Crippen LogP contribution in [0.2, 0.25) is 0 Å². The molecule has 2 rings (SSSR count). The van der Waals surface area contributed by atoms with Crippen molar-refractivity contribution in [1.82, 2.24) is 10.2 Å². The van der Waals surface area contributed by atoms with E-state index < -0.39 is 18.1 Å². The van der Waals surface area contributed by atoms with E-state index in [2.05, 4.69) is 21.2 Å². The van der Waals surface area contributed by atoms with Gasteiger partial charge >= 0.3 is 5.97 Å². The lowest BCUT2D eigenvalue weighted by atomic mass is 10.2. The topological polar surface area (TPSA) is 86.7 Å². The molecule has 8 heteroatoms. The highest BCUT2D eigenvalue weighted by molar-refractivity contribution is 9.11. The minimum Gasteiger partial charge on any atom is -0.480 e. The first-order valence-corrected chi connectivity index (χ1v) is 8.10. The van der Waals surface area contributed by atoms with Crippen LogP contribution in [0.5, 0.6) is 0 Å². The number of likely N-dealkylation sites (tertiary alicyclic amines) is 1. The van der Waals surface area contributed by atoms with Crippen molar-refractivity contribution in [2.75, 3.05) is 6.54 Å². The summed E-state index contributed by atoms with van der Waals surface area (Å²) < 4.78 is 0.831. The molecule has 2 atom stereocenters. The maximum Gasteiger partial charge on any atom is 0.326 e. The molecular formula is C13H15BrN2O4S. The highest BCUT2D eigenvalue weighted by Gasteiger charge is 2.36. The van der Waals surface area contributed by atoms with E-state index in [4.69, 9.17) is 5.11 Å². The van der Waals surface area contributed by atoms with Gasteiger partial charge in [-0.25, -0.2) is 4.79 Å². The molecule has 2 heterocycles. The monoisotopic (exact) mass is 374 g/mol. The maximum atomic E-state index is 12.3. The number of carbonyl (C=O) groups is 3. The fourth-order valence-electron chi connectivity index (χ4n) is 2.30. The van der Waals surface area contributed by atoms with Gasteiger partial charge in [-0.05, 0) is 47.8 Å². The number of halogens is 1. The van der Waals surface area contributed by atoms with Crippen molar-refractivity contribution in [3.8, 4) is 0 Å². The smallest absolute Gasteiger partial charge is 0.326 e. The van der Waals surface area contributed by atoms with Crippen molar-refractivity contribution in [3.05, 3.63) is 20.8 Å². The van der Waals surface area contributed by atoms with Gasteiger partial charge in [0.15, 0.2) is 0 Å². The fraction of sp³-hybridized carbons (Fsp3) is 0.462. The molecule has 1 fully saturated rings. The number of carboxylic acid groups (broad SMARTS) is 1. The lowest BCUT2D eigenvalue weighted by molar-refractivity contribution is -0.148. The second kappa shape index (κ2) is 6.57. The molecule has 0 radical (unpaired) electrons. The van der Waals surface area contributed by atoms with E-state index in [1.54, 1.807) is 19.1 Å². The van der Waals surface area contributed by atoms with E-state index in [0.29, 0.717) is 24.3 Å². The first kappa shape index (κ1) is 16.0. The summed E-state index contributed by atoms with van der Waals surface area (Å²) in [6.07, 6.45) is 1.13. The summed E-state index contributed by atoms with van der Waals surface area (Å²) in [5.41, 5.74) is 0. The Labute approximate surface area is 134 Å². The van der Waals surface area contributed by atoms with Gasteiger partial charge in [-0.1, -0.05) is 0 Å². The number of thiophene rings is 1. The Morgan fingerprint density at radius 1 is 1.48 bits per heavy atom. The van der Waals surface area contributed by atoms with Gasteiger partial charge < -0.3 is 15.3 Å². The van der Waals surface area contributed by atoms with Gasteiger partial charge in [-0.2, -0.15) is 0 Å². The molecule has 1 unspecified atom stereocenters. The normalized spacial score (nSPS) is 19.3. The number of amides is 2. The van der Waals surface area contributed by atoms with Crippen molar-refractivity contribution in [3.63, 3.8) is 0 Å². The Balaban J connectivity index is 1.99. The quantitative estimate of drug-likeness (QED) is 0.839. The van der Waals surface area contributed by atoms with Crippen LogP contribution in [0, 0.1) is 0 Å². The molecule has 0 bridgehead atoms. The molecule has 1 saturated heterocycles. The molecule has 0 aromatic carbocycles. The molecule has 0 spiro atoms. The predicted octanol–water partition coefficient (Wildman–Crippen LogP) is 1.70. The molecule has 1 aromatic rings. The van der Waals surface area contributed by atoms with Gasteiger partial charge in [0.1, 0.15) is 12.1 Å². The summed E-state index contributed by atoms with van der Waals surface area (Å²) in [7, 11) is 0. The number of carbonyl (C=O) groups excluding carboxylic acids is 2. The molecule has 21 heavy (non-hydrogen) atoms. The molecule has 2 amide bonds. The highest BCUT2D eigenvalue weighted by atomic mass is 79.9. The number of hydrogen-bond acceptors (Lipinski definition) is 4. The van der Waals surface area contributed by atoms with Gasteiger partial charge in [0.25, 0.3) is 5.91 Å². The van der Waals surface area contributed by atoms with Crippen molar-refractivity contribution >= 4 is 45.1 Å². The number of nitrogens with zero attached hydrogens (tertiary/aromatic N) is 1. The SMILES string of the molecule is CC(NC(=O)c1ccc(Br)s1)C(=O)N1CCC[C@@H]1C(=O)O. The zero-order chi connectivity index (χ0) is 15.6. The molecular weight excluding hydrogens is 360 g/mol. The minimum absolute atomic E-state index is 0.336. The van der Waals surface area contributed by atoms with Crippen LogP contribution in [0.25, 0.3) is 0 Å². The van der Waals surface area contributed by atoms with Crippen molar-refractivity contribution < 1.29 is 19.5 Å². The summed E-state index contributed by atoms with van der Waals surface area (Å²) in [5.74, 6) is -1.69. The van der Waals surface area contributed by atoms with Gasteiger partial charge in [-0.15, -0.1) is 11.3 Å². The lowest BCUT2D eigenvalue weighted by Gasteiger charge is -2.25. The van der Waals surface area contributed by atoms with Gasteiger partial charge in [-0.3, -0.25) is 9.59 Å². The first-order chi connectivity index (χ1) is 9.90. The van der Waals surface area contributed by atoms with E-state index in [9.17, 15) is 14.4 Å². The highest BCUT2D eigenvalue weighted by Crippen LogP contribution is 2.22. The molecule has 1 aromatic heterocycles. The van der Waals surface area contributed by atoms with Crippen LogP contribution in [0.15, 0.2) is 15.9 Å². The van der Waals surface area contributed by atoms with E-state index in [1.807, 2.05) is 0 Å². The predicted molar refractivity (Wildman–Crippen MR) is 81.3 cm³/mol. The Morgan fingerprint density at radius 2 is 2.19 bits per heavy atom. The molecule has 0 saturated carbocycles. The van der Waals surface area contributed by atoms with Crippen LogP contribution in [0.3, 0.4) is 0 Å². The zero-order valence-corrected chi connectivity index (χ0v) is 13.7. The zero-order valence-electron chi connectivity index (χ0n) is 11.3. The Bertz CT molecular complexity index is 574. The van der Waals surface area contributed by atoms with Gasteiger partial charge in [0.05, 0.1) is 8.66 Å². The third-order valence-corrected chi connectivity index (χ3v) is 4.96. The maximum absolute atomic E-state index is 12.3. The number of rotatable bonds is 4. The Kier molecular flexibility index (Phi) is 5.00. The largest absolute Gasteiger partial charge is 0.480 e. The molecule has 0 aliphatic carbocycles. The van der Waals surface area contributed by atoms with Crippen LogP contribution in [-0.2, 0) is 9.59 Å². The number of hydrogen-bond donors (Lipinski definition) is 2. The molecule has 114 valence electrons. The number of nitrogens with one attached hydrogen (secondary N) is 1. The van der Waals surface area contributed by atoms with E-state index >= 15 is 0 Å². The lowest BCUT2D eigenvalue weighted by Crippen LogP contribution is -2.50. The molecule has 6 nitrogen and oxygen atoms in total. The third-order valence-electron chi connectivity index (χ3n) is 3.34. The van der Waals surface area contributed by atoms with Crippen LogP contribution in [0.4, 0.5) is 0 Å². The minimum atomic E-state index is -0.999. The van der Waals surface area contributed by atoms with Crippen LogP contribution >= 0.6 is 27.3 Å². The standard InChI is InChI=1S/C13H15BrN2O4S/c1-7(15-11(17)9-4-5-10(14)21-9)12(18)16-6-2-3-8(16)13(19)20/h4-5,7-8H,2-3,6H2,1H3,(H,15,17)(H,19,20)/t7?,8-/m1/s1. The first-order valence-electron chi connectivity index (χ1n) is 6.49. The Morgan fingerprint density at radius 3 is 2.76 bits per heavy atom. The fourth-order valence-corrected chi connectivity index (χ4v) is 3.59. The van der Waals surface area contributed by atoms with E-state index in [0.717, 1.165) is 3.79 Å². The molecule has 1 aliphatic heterocycles. The second-order valence-corrected chi connectivity index (χ2v) is 7.29. The summed E-state index contributed by atoms with van der Waals surface area (Å²) in [6, 6.07) is 1.88. The van der Waals surface area contributed by atoms with Crippen molar-refractivity contribution in [2.24, 2.45) is 0 Å². The second-order valence-electron chi connectivity index (χ2n) is 4.83. The van der Waals surface area contributed by atoms with Gasteiger partial charge in [0, 0.05) is 6.54 Å². The molecule has 2 N–H and O–H groups in total. The van der Waals surface area contributed by atoms with E-state index in [1.165, 1.54) is 16.2 Å². The van der Waals surface area contributed by atoms with Crippen molar-refractivity contribution in [2.45, 2.75) is 31.8 Å². The Hall–Kier alpha value is -1.41. The van der Waals surface area contributed by atoms with Gasteiger partial charge in [0.2, 0.25) is 5.91 Å². The summed E-state index contributed by atoms with van der Waals surface area (Å²) in [6.45, 7) is 1.99. The average Bonchev–Trinajstić information content (AvgIpc) is 3.05. The molecule has 1 aliphatic rings. The summed E-state index contributed by atoms with van der Waals surface area (Å²) >= 11 is 4.54. The van der Waals surface area contributed by atoms with Crippen LogP contribution in [0.1, 0.15) is 29.4 Å². The van der Waals surface area contributed by atoms with Crippen LogP contribution in [-0.4, -0.2) is 46.4 Å². The summed E-state index contributed by atoms with van der Waals surface area (Å²) in [4.78, 5) is 37.2. The third kappa shape index (κ3) is 3.62. The van der Waals surface area contributed by atoms with Crippen LogP contribution < -0.4 is 5.32 Å². The van der Waals surface area contributed by atoms with E-state index in [-0.39, 0.29) is 11.8 Å². The summed E-state index contributed by atoms with van der Waals surface area (Å²) in [5, 5.41) is 11.7. The average molecular weight is 375 g/mol.